The van der Waals surface area contributed by atoms with E-state index in [0.717, 1.165) is 106 Å². The molecule has 4 aromatic heterocycles. The Morgan fingerprint density at radius 1 is 0.193 bits per heavy atom. The molecule has 0 aliphatic rings. The lowest BCUT2D eigenvalue weighted by Crippen LogP contribution is -2.10. The van der Waals surface area contributed by atoms with Crippen LogP contribution in [0.25, 0.3) is 183 Å². The van der Waals surface area contributed by atoms with E-state index in [1.165, 1.54) is 105 Å². The molecule has 0 aliphatic carbocycles. The van der Waals surface area contributed by atoms with Crippen LogP contribution in [0.5, 0.6) is 0 Å². The van der Waals surface area contributed by atoms with E-state index in [4.69, 9.17) is 8.75 Å². The maximum Gasteiger partial charge on any atom is 0.129 e. The quantitative estimate of drug-likeness (QED) is 0.109. The van der Waals surface area contributed by atoms with Crippen molar-refractivity contribution >= 4 is 105 Å². The van der Waals surface area contributed by atoms with Gasteiger partial charge in [0.25, 0.3) is 0 Å². The molecule has 21 aromatic rings. The molecule has 109 heavy (non-hydrogen) atoms. The summed E-state index contributed by atoms with van der Waals surface area (Å²) in [5.41, 5.74) is 33.6. The lowest BCUT2D eigenvalue weighted by molar-refractivity contribution is 1.18. The number of nitrogens with zero attached hydrogens (tertiary/aromatic N) is 6. The molecule has 0 radical (unpaired) electrons. The van der Waals surface area contributed by atoms with Crippen LogP contribution in [-0.4, -0.2) is 22.4 Å². The molecule has 0 fully saturated rings. The van der Waals surface area contributed by atoms with Gasteiger partial charge in [0.1, 0.15) is 11.0 Å². The Labute approximate surface area is 634 Å². The van der Waals surface area contributed by atoms with E-state index in [-0.39, 0.29) is 0 Å². The van der Waals surface area contributed by atoms with Crippen molar-refractivity contribution in [3.05, 3.63) is 400 Å². The summed E-state index contributed by atoms with van der Waals surface area (Å²) in [6.07, 6.45) is 0. The third kappa shape index (κ3) is 11.1. The highest BCUT2D eigenvalue weighted by molar-refractivity contribution is 7.00. The molecule has 0 spiro atoms. The summed E-state index contributed by atoms with van der Waals surface area (Å²) in [6.45, 7) is 0. The van der Waals surface area contributed by atoms with Gasteiger partial charge in [0.05, 0.1) is 50.5 Å². The monoisotopic (exact) mass is 1410 g/mol. The Hall–Kier alpha value is -14.2. The van der Waals surface area contributed by atoms with E-state index in [9.17, 15) is 0 Å². The molecule has 4 heterocycles. The first-order valence-electron chi connectivity index (χ1n) is 37.1. The Kier molecular flexibility index (Phi) is 15.3. The van der Waals surface area contributed by atoms with E-state index in [0.29, 0.717) is 0 Å². The van der Waals surface area contributed by atoms with Crippen LogP contribution in [0.4, 0.5) is 17.1 Å². The highest BCUT2D eigenvalue weighted by Crippen LogP contribution is 2.45. The van der Waals surface area contributed by atoms with E-state index in [1.54, 1.807) is 0 Å². The Morgan fingerprint density at radius 2 is 0.486 bits per heavy atom. The molecule has 510 valence electrons. The molecule has 0 amide bonds. The molecule has 0 aliphatic heterocycles. The van der Waals surface area contributed by atoms with Gasteiger partial charge in [0.2, 0.25) is 0 Å². The van der Waals surface area contributed by atoms with Gasteiger partial charge in [-0.3, -0.25) is 0 Å². The number of para-hydroxylation sites is 3. The summed E-state index contributed by atoms with van der Waals surface area (Å²) in [5, 5.41) is 7.30. The van der Waals surface area contributed by atoms with Gasteiger partial charge < -0.3 is 18.6 Å². The SMILES string of the molecule is c1ccc(-c2ccc(N(c3ccccc3)c3ccc(-c4ccc(-n5c6ccc(-c7ccc(-c8ccc9c%10ccccc%10n(-c%10ccc(-c%11ccccc%11)cc%10)c9c8)cc7)cc6c6cc(-c7ccc(-c8ccc9c%10ccccc%10n(-c%10ccc(-c%11ccccc%11)cc%10)c9c8)cc7)ccc65)cc4)c4nsnc34)cc2)cc1. The van der Waals surface area contributed by atoms with Gasteiger partial charge in [-0.15, -0.1) is 0 Å². The van der Waals surface area contributed by atoms with E-state index in [2.05, 4.69) is 419 Å². The minimum absolute atomic E-state index is 0.853. The molecule has 17 aromatic carbocycles. The summed E-state index contributed by atoms with van der Waals surface area (Å²) < 4.78 is 17.3. The van der Waals surface area contributed by atoms with Crippen LogP contribution in [0.3, 0.4) is 0 Å². The molecule has 0 N–H and O–H groups in total. The minimum atomic E-state index is 0.853. The average molecular weight is 1410 g/mol. The van der Waals surface area contributed by atoms with Crippen LogP contribution in [0, 0.1) is 0 Å². The smallest absolute Gasteiger partial charge is 0.129 e. The first-order chi connectivity index (χ1) is 54.0. The molecule has 7 heteroatoms. The lowest BCUT2D eigenvalue weighted by atomic mass is 9.97. The summed E-state index contributed by atoms with van der Waals surface area (Å²) >= 11 is 1.25. The number of fused-ring (bicyclic) bond motifs is 10. The largest absolute Gasteiger partial charge is 0.309 e. The van der Waals surface area contributed by atoms with Crippen LogP contribution < -0.4 is 4.90 Å². The predicted octanol–water partition coefficient (Wildman–Crippen LogP) is 27.8. The van der Waals surface area contributed by atoms with E-state index in [1.807, 2.05) is 0 Å². The second-order valence-corrected chi connectivity index (χ2v) is 28.7. The van der Waals surface area contributed by atoms with Crippen molar-refractivity contribution < 1.29 is 0 Å². The molecule has 0 bridgehead atoms. The standard InChI is InChI=1S/C102H66N6S/c1-5-17-67(18-6-1)70-37-49-83(50-38-70)105(82-23-11-4-12-24-82)98-62-59-87(101-102(98)104-109-103-101)77-43-55-84(56-44-77)106-96-60-47-78(73-29-33-75(34-30-73)80-45-57-90-88-25-13-15-27-94(88)107(99(90)65-80)85-51-39-71(40-52-85)68-19-7-2-8-20-68)63-92(96)93-64-79(48-61-97(93)106)74-31-35-76(36-32-74)81-46-58-91-89-26-14-16-28-95(89)108(100(91)66-81)86-53-41-72(42-54-86)69-21-9-3-10-22-69/h1-66H. The molecule has 6 nitrogen and oxygen atoms in total. The number of rotatable bonds is 14. The zero-order chi connectivity index (χ0) is 71.9. The fraction of sp³-hybridized carbons (Fsp3) is 0. The average Bonchev–Trinajstić information content (AvgIpc) is 1.66. The van der Waals surface area contributed by atoms with Gasteiger partial charge in [-0.2, -0.15) is 8.75 Å². The zero-order valence-corrected chi connectivity index (χ0v) is 60.0. The van der Waals surface area contributed by atoms with Crippen molar-refractivity contribution in [2.24, 2.45) is 0 Å². The van der Waals surface area contributed by atoms with Crippen LogP contribution in [0.15, 0.2) is 400 Å². The molecular formula is C102H66N6S. The molecule has 0 unspecified atom stereocenters. The second kappa shape index (κ2) is 26.4. The fourth-order valence-corrected chi connectivity index (χ4v) is 17.2. The summed E-state index contributed by atoms with van der Waals surface area (Å²) in [7, 11) is 0. The number of hydrogen-bond acceptors (Lipinski definition) is 4. The van der Waals surface area contributed by atoms with Gasteiger partial charge in [-0.25, -0.2) is 0 Å². The van der Waals surface area contributed by atoms with E-state index >= 15 is 0 Å². The topological polar surface area (TPSA) is 43.8 Å². The molecule has 0 atom stereocenters. The molecule has 21 rings (SSSR count). The summed E-state index contributed by atoms with van der Waals surface area (Å²) in [5.74, 6) is 0. The minimum Gasteiger partial charge on any atom is -0.309 e. The Bertz CT molecular complexity index is 6700. The van der Waals surface area contributed by atoms with Gasteiger partial charge >= 0.3 is 0 Å². The summed E-state index contributed by atoms with van der Waals surface area (Å²) in [6, 6.07) is 146. The Balaban J connectivity index is 0.639. The maximum absolute atomic E-state index is 5.02. The summed E-state index contributed by atoms with van der Waals surface area (Å²) in [4.78, 5) is 2.29. The fourth-order valence-electron chi connectivity index (χ4n) is 16.6. The van der Waals surface area contributed by atoms with Crippen LogP contribution in [-0.2, 0) is 0 Å². The van der Waals surface area contributed by atoms with Gasteiger partial charge in [-0.1, -0.05) is 279 Å². The maximum atomic E-state index is 5.02. The number of anilines is 3. The lowest BCUT2D eigenvalue weighted by Gasteiger charge is -2.26. The zero-order valence-electron chi connectivity index (χ0n) is 59.2. The van der Waals surface area contributed by atoms with Gasteiger partial charge in [0, 0.05) is 66.3 Å². The number of hydrogen-bond donors (Lipinski definition) is 0. The van der Waals surface area contributed by atoms with Crippen LogP contribution in [0.2, 0.25) is 0 Å². The molecular weight excluding hydrogens is 1340 g/mol. The normalized spacial score (nSPS) is 11.7. The van der Waals surface area contributed by atoms with Crippen molar-refractivity contribution in [1.82, 2.24) is 22.4 Å². The van der Waals surface area contributed by atoms with Gasteiger partial charge in [-0.05, 0) is 205 Å². The second-order valence-electron chi connectivity index (χ2n) is 28.2. The van der Waals surface area contributed by atoms with Crippen molar-refractivity contribution in [1.29, 1.82) is 0 Å². The first-order valence-corrected chi connectivity index (χ1v) is 37.8. The van der Waals surface area contributed by atoms with Crippen molar-refractivity contribution in [2.45, 2.75) is 0 Å². The van der Waals surface area contributed by atoms with E-state index < -0.39 is 0 Å². The third-order valence-corrected chi connectivity index (χ3v) is 22.5. The van der Waals surface area contributed by atoms with Crippen molar-refractivity contribution in [2.75, 3.05) is 4.90 Å². The first kappa shape index (κ1) is 63.3. The third-order valence-electron chi connectivity index (χ3n) is 22.0. The van der Waals surface area contributed by atoms with Gasteiger partial charge in [0.15, 0.2) is 0 Å². The predicted molar refractivity (Wildman–Crippen MR) is 459 cm³/mol. The van der Waals surface area contributed by atoms with Crippen LogP contribution >= 0.6 is 11.7 Å². The van der Waals surface area contributed by atoms with Crippen LogP contribution in [0.1, 0.15) is 0 Å². The Morgan fingerprint density at radius 3 is 0.927 bits per heavy atom. The highest BCUT2D eigenvalue weighted by Gasteiger charge is 2.23. The van der Waals surface area contributed by atoms with Crippen molar-refractivity contribution in [3.63, 3.8) is 0 Å². The number of benzene rings is 17. The number of aromatic nitrogens is 5. The van der Waals surface area contributed by atoms with Crippen molar-refractivity contribution in [3.8, 4) is 106 Å². The molecule has 0 saturated heterocycles. The highest BCUT2D eigenvalue weighted by atomic mass is 32.1. The molecule has 0 saturated carbocycles.